The van der Waals surface area contributed by atoms with E-state index >= 15 is 0 Å². The van der Waals surface area contributed by atoms with E-state index in [1.54, 1.807) is 4.80 Å². The number of nitrogens with one attached hydrogen (secondary N) is 1. The molecule has 0 saturated carbocycles. The van der Waals surface area contributed by atoms with Crippen molar-refractivity contribution >= 4 is 0 Å². The monoisotopic (exact) mass is 395 g/mol. The van der Waals surface area contributed by atoms with Crippen molar-refractivity contribution in [3.63, 3.8) is 0 Å². The summed E-state index contributed by atoms with van der Waals surface area (Å²) < 4.78 is 0. The Bertz CT molecular complexity index is 954. The summed E-state index contributed by atoms with van der Waals surface area (Å²) in [5, 5.41) is 9.43. The van der Waals surface area contributed by atoms with Gasteiger partial charge in [0.2, 0.25) is 0 Å². The molecule has 2 heterocycles. The fourth-order valence-corrected chi connectivity index (χ4v) is 2.62. The van der Waals surface area contributed by atoms with Gasteiger partial charge in [-0.1, -0.05) is 36.4 Å². The molecule has 0 aliphatic rings. The van der Waals surface area contributed by atoms with E-state index in [0.29, 0.717) is 5.82 Å². The van der Waals surface area contributed by atoms with Crippen molar-refractivity contribution in [2.45, 2.75) is 13.8 Å². The van der Waals surface area contributed by atoms with Crippen molar-refractivity contribution in [3.8, 4) is 22.9 Å². The molecule has 0 fully saturated rings. The number of aromatic amines is 1. The maximum Gasteiger partial charge on any atom is 0.294 e. The first-order valence-electron chi connectivity index (χ1n) is 7.89. The summed E-state index contributed by atoms with van der Waals surface area (Å²) in [6.07, 6.45) is 0. The second-order valence-corrected chi connectivity index (χ2v) is 5.77. The molecular weight excluding hydrogens is 378 g/mol. The third kappa shape index (κ3) is 3.25. The predicted molar refractivity (Wildman–Crippen MR) is 92.2 cm³/mol. The van der Waals surface area contributed by atoms with Crippen LogP contribution in [0.1, 0.15) is 11.3 Å². The quantitative estimate of drug-likeness (QED) is 0.502. The van der Waals surface area contributed by atoms with Gasteiger partial charge in [-0.15, -0.1) is 0 Å². The second-order valence-electron chi connectivity index (χ2n) is 5.77. The topological polar surface area (TPSA) is 50.4 Å². The fraction of sp³-hybridized carbons (Fsp3) is 0.105. The maximum absolute atomic E-state index is 4.72. The fourth-order valence-electron chi connectivity index (χ4n) is 2.62. The largest absolute Gasteiger partial charge is 1.00 e. The third-order valence-corrected chi connectivity index (χ3v) is 4.05. The van der Waals surface area contributed by atoms with E-state index in [-0.39, 0.29) is 17.0 Å². The van der Waals surface area contributed by atoms with Crippen LogP contribution in [-0.4, -0.2) is 20.0 Å². The minimum atomic E-state index is 0. The minimum Gasteiger partial charge on any atom is -1.00 e. The van der Waals surface area contributed by atoms with Crippen LogP contribution in [0.2, 0.25) is 0 Å². The van der Waals surface area contributed by atoms with Crippen molar-refractivity contribution in [1.82, 2.24) is 20.0 Å². The second kappa shape index (κ2) is 7.03. The molecule has 0 unspecified atom stereocenters. The van der Waals surface area contributed by atoms with Gasteiger partial charge in [0.1, 0.15) is 5.69 Å². The third-order valence-electron chi connectivity index (χ3n) is 4.05. The molecule has 4 rings (SSSR count). The van der Waals surface area contributed by atoms with E-state index in [1.165, 1.54) is 5.56 Å². The average molecular weight is 396 g/mol. The number of rotatable bonds is 3. The van der Waals surface area contributed by atoms with E-state index in [2.05, 4.69) is 24.9 Å². The Labute approximate surface area is 156 Å². The van der Waals surface area contributed by atoms with Crippen LogP contribution in [0.4, 0.5) is 0 Å². The number of hydrogen-bond donors (Lipinski definition) is 1. The molecule has 4 aromatic rings. The molecule has 5 nitrogen and oxygen atoms in total. The molecule has 0 saturated heterocycles. The number of aromatic nitrogens is 5. The Kier molecular flexibility index (Phi) is 4.81. The van der Waals surface area contributed by atoms with Gasteiger partial charge in [-0.2, -0.15) is 0 Å². The van der Waals surface area contributed by atoms with Crippen molar-refractivity contribution in [3.05, 3.63) is 78.0 Å². The maximum atomic E-state index is 4.72. The van der Waals surface area contributed by atoms with Crippen LogP contribution in [0.5, 0.6) is 0 Å². The van der Waals surface area contributed by atoms with E-state index in [1.807, 2.05) is 65.5 Å². The summed E-state index contributed by atoms with van der Waals surface area (Å²) in [5.41, 5.74) is 4.26. The van der Waals surface area contributed by atoms with Crippen LogP contribution in [0.3, 0.4) is 0 Å². The first-order chi connectivity index (χ1) is 11.7. The number of hydrogen-bond acceptors (Lipinski definition) is 2. The SMILES string of the molecule is Cc1cc(-[n+]2nc(-c3ccccc3)nn2-c2ccccc2)[nH]c1C.[Br-]. The Morgan fingerprint density at radius 3 is 2.16 bits per heavy atom. The molecule has 0 radical (unpaired) electrons. The Morgan fingerprint density at radius 1 is 0.920 bits per heavy atom. The Hall–Kier alpha value is -2.73. The highest BCUT2D eigenvalue weighted by Gasteiger charge is 2.22. The molecule has 0 aliphatic heterocycles. The smallest absolute Gasteiger partial charge is 0.294 e. The molecule has 1 N–H and O–H groups in total. The van der Waals surface area contributed by atoms with E-state index in [0.717, 1.165) is 22.8 Å². The molecule has 2 aromatic carbocycles. The zero-order valence-corrected chi connectivity index (χ0v) is 15.6. The van der Waals surface area contributed by atoms with Crippen molar-refractivity contribution < 1.29 is 21.8 Å². The number of nitrogens with zero attached hydrogens (tertiary/aromatic N) is 4. The van der Waals surface area contributed by atoms with Gasteiger partial charge >= 0.3 is 0 Å². The normalized spacial score (nSPS) is 10.5. The van der Waals surface area contributed by atoms with E-state index < -0.39 is 0 Å². The highest BCUT2D eigenvalue weighted by Crippen LogP contribution is 2.15. The summed E-state index contributed by atoms with van der Waals surface area (Å²) in [4.78, 5) is 6.99. The zero-order valence-electron chi connectivity index (χ0n) is 14.0. The lowest BCUT2D eigenvalue weighted by atomic mass is 10.2. The molecule has 126 valence electrons. The van der Waals surface area contributed by atoms with E-state index in [9.17, 15) is 0 Å². The van der Waals surface area contributed by atoms with Crippen molar-refractivity contribution in [2.24, 2.45) is 0 Å². The summed E-state index contributed by atoms with van der Waals surface area (Å²) in [7, 11) is 0. The molecule has 25 heavy (non-hydrogen) atoms. The van der Waals surface area contributed by atoms with Gasteiger partial charge in [0.05, 0.1) is 5.69 Å². The molecule has 0 bridgehead atoms. The van der Waals surface area contributed by atoms with Gasteiger partial charge in [-0.3, -0.25) is 4.98 Å². The van der Waals surface area contributed by atoms with Crippen molar-refractivity contribution in [2.75, 3.05) is 0 Å². The zero-order chi connectivity index (χ0) is 16.5. The lowest BCUT2D eigenvalue weighted by Gasteiger charge is -1.98. The summed E-state index contributed by atoms with van der Waals surface area (Å²) in [6.45, 7) is 4.14. The van der Waals surface area contributed by atoms with Crippen LogP contribution < -0.4 is 21.8 Å². The molecule has 0 spiro atoms. The standard InChI is InChI=1S/C19H18N5.BrH/c1-14-13-18(20-15(14)2)24-22-19(16-9-5-3-6-10-16)21-23(24)17-11-7-4-8-12-17;/h3-13,20H,1-2H3;1H/q+1;/p-1. The Morgan fingerprint density at radius 2 is 1.56 bits per heavy atom. The number of H-pyrrole nitrogens is 1. The molecule has 0 aliphatic carbocycles. The van der Waals surface area contributed by atoms with Crippen molar-refractivity contribution in [1.29, 1.82) is 0 Å². The van der Waals surface area contributed by atoms with Gasteiger partial charge < -0.3 is 17.0 Å². The van der Waals surface area contributed by atoms with Crippen LogP contribution in [0.25, 0.3) is 22.9 Å². The van der Waals surface area contributed by atoms with Gasteiger partial charge in [-0.05, 0) is 58.4 Å². The number of tetrazole rings is 1. The lowest BCUT2D eigenvalue weighted by molar-refractivity contribution is -0.737. The predicted octanol–water partition coefficient (Wildman–Crippen LogP) is 0.160. The van der Waals surface area contributed by atoms with E-state index in [4.69, 9.17) is 10.2 Å². The molecular formula is C19H18BrN5. The highest BCUT2D eigenvalue weighted by molar-refractivity contribution is 5.53. The van der Waals surface area contributed by atoms with Crippen LogP contribution in [0, 0.1) is 13.8 Å². The van der Waals surface area contributed by atoms with Crippen LogP contribution in [0.15, 0.2) is 66.7 Å². The summed E-state index contributed by atoms with van der Waals surface area (Å²) in [6, 6.07) is 22.1. The highest BCUT2D eigenvalue weighted by atomic mass is 79.9. The number of benzene rings is 2. The summed E-state index contributed by atoms with van der Waals surface area (Å²) in [5.74, 6) is 1.58. The molecule has 6 heteroatoms. The molecule has 2 aromatic heterocycles. The number of halogens is 1. The van der Waals surface area contributed by atoms with Gasteiger partial charge in [0, 0.05) is 16.7 Å². The lowest BCUT2D eigenvalue weighted by Crippen LogP contribution is -3.00. The molecule has 0 atom stereocenters. The van der Waals surface area contributed by atoms with Gasteiger partial charge in [-0.25, -0.2) is 0 Å². The first kappa shape index (κ1) is 17.1. The van der Waals surface area contributed by atoms with Gasteiger partial charge in [0.15, 0.2) is 0 Å². The number of aryl methyl sites for hydroxylation is 2. The average Bonchev–Trinajstić information content (AvgIpc) is 3.21. The first-order valence-corrected chi connectivity index (χ1v) is 7.89. The Balaban J connectivity index is 0.00000182. The molecule has 0 amide bonds. The minimum absolute atomic E-state index is 0. The van der Waals surface area contributed by atoms with Crippen LogP contribution in [-0.2, 0) is 0 Å². The van der Waals surface area contributed by atoms with Crippen LogP contribution >= 0.6 is 0 Å². The number of para-hydroxylation sites is 1. The summed E-state index contributed by atoms with van der Waals surface area (Å²) >= 11 is 0. The van der Waals surface area contributed by atoms with Gasteiger partial charge in [0.25, 0.3) is 11.6 Å².